The summed E-state index contributed by atoms with van der Waals surface area (Å²) in [6, 6.07) is 7.56. The number of carbonyl (C=O) groups is 2. The largest absolute Gasteiger partial charge is 0.461 e. The first kappa shape index (κ1) is 22.5. The molecule has 0 saturated heterocycles. The van der Waals surface area contributed by atoms with Gasteiger partial charge in [0, 0.05) is 12.1 Å². The van der Waals surface area contributed by atoms with E-state index in [2.05, 4.69) is 12.2 Å². The first-order valence-electron chi connectivity index (χ1n) is 11.3. The average Bonchev–Trinajstić information content (AvgIpc) is 3.29. The zero-order valence-corrected chi connectivity index (χ0v) is 17.8. The van der Waals surface area contributed by atoms with Crippen LogP contribution in [0.4, 0.5) is 0 Å². The molecule has 164 valence electrons. The van der Waals surface area contributed by atoms with Gasteiger partial charge < -0.3 is 4.74 Å². The van der Waals surface area contributed by atoms with Gasteiger partial charge in [0.05, 0.1) is 0 Å². The summed E-state index contributed by atoms with van der Waals surface area (Å²) in [6.45, 7) is 2.07. The van der Waals surface area contributed by atoms with Crippen molar-refractivity contribution in [3.05, 3.63) is 41.5 Å². The molecule has 0 aliphatic heterocycles. The highest BCUT2D eigenvalue weighted by Gasteiger charge is 2.33. The third-order valence-corrected chi connectivity index (χ3v) is 6.36. The minimum atomic E-state index is -0.565. The molecule has 30 heavy (non-hydrogen) atoms. The molecule has 2 aliphatic rings. The van der Waals surface area contributed by atoms with Crippen LogP contribution in [0, 0.1) is 5.92 Å². The van der Waals surface area contributed by atoms with Crippen molar-refractivity contribution >= 4 is 18.0 Å². The van der Waals surface area contributed by atoms with E-state index in [9.17, 15) is 9.59 Å². The Morgan fingerprint density at radius 1 is 1.03 bits per heavy atom. The lowest BCUT2D eigenvalue weighted by Crippen LogP contribution is -2.46. The van der Waals surface area contributed by atoms with Crippen molar-refractivity contribution in [1.29, 1.82) is 0 Å². The molecular formula is C24H34N2O4. The first-order chi connectivity index (χ1) is 14.6. The van der Waals surface area contributed by atoms with Crippen LogP contribution in [0.25, 0.3) is 6.08 Å². The fourth-order valence-corrected chi connectivity index (χ4v) is 4.58. The monoisotopic (exact) mass is 414 g/mol. The number of rotatable bonds is 8. The number of hydroxylamine groups is 1. The molecule has 2 fully saturated rings. The van der Waals surface area contributed by atoms with Crippen molar-refractivity contribution < 1.29 is 19.5 Å². The predicted octanol–water partition coefficient (Wildman–Crippen LogP) is 4.29. The highest BCUT2D eigenvalue weighted by Crippen LogP contribution is 2.30. The molecule has 1 aromatic carbocycles. The quantitative estimate of drug-likeness (QED) is 0.256. The Bertz CT molecular complexity index is 719. The van der Waals surface area contributed by atoms with Crippen LogP contribution in [0.3, 0.4) is 0 Å². The average molecular weight is 415 g/mol. The van der Waals surface area contributed by atoms with Crippen LogP contribution < -0.4 is 10.8 Å². The van der Waals surface area contributed by atoms with Gasteiger partial charge in [0.1, 0.15) is 12.1 Å². The van der Waals surface area contributed by atoms with Gasteiger partial charge in [0.15, 0.2) is 0 Å². The molecule has 1 aromatic rings. The summed E-state index contributed by atoms with van der Waals surface area (Å²) >= 11 is 0. The van der Waals surface area contributed by atoms with Crippen molar-refractivity contribution in [2.75, 3.05) is 0 Å². The van der Waals surface area contributed by atoms with E-state index in [1.54, 1.807) is 11.6 Å². The SMILES string of the molecule is CC(N[C@H](C(=O)OC1CCCC1)C1CCCCC1)c1ccc(C=CC(=O)NO)cc1. The van der Waals surface area contributed by atoms with Gasteiger partial charge in [-0.05, 0) is 68.6 Å². The number of esters is 1. The first-order valence-corrected chi connectivity index (χ1v) is 11.3. The summed E-state index contributed by atoms with van der Waals surface area (Å²) in [5.41, 5.74) is 3.51. The normalized spacial score (nSPS) is 20.2. The van der Waals surface area contributed by atoms with Crippen LogP contribution in [0.2, 0.25) is 0 Å². The lowest BCUT2D eigenvalue weighted by molar-refractivity contribution is -0.153. The van der Waals surface area contributed by atoms with Crippen molar-refractivity contribution in [3.8, 4) is 0 Å². The molecule has 0 bridgehead atoms. The van der Waals surface area contributed by atoms with Gasteiger partial charge in [-0.15, -0.1) is 0 Å². The number of ether oxygens (including phenoxy) is 1. The van der Waals surface area contributed by atoms with Crippen LogP contribution in [0.1, 0.15) is 81.9 Å². The van der Waals surface area contributed by atoms with Gasteiger partial charge in [-0.2, -0.15) is 0 Å². The van der Waals surface area contributed by atoms with Crippen molar-refractivity contribution in [1.82, 2.24) is 10.8 Å². The highest BCUT2D eigenvalue weighted by atomic mass is 16.5. The van der Waals surface area contributed by atoms with Gasteiger partial charge in [0.25, 0.3) is 5.91 Å². The van der Waals surface area contributed by atoms with Crippen molar-refractivity contribution in [2.24, 2.45) is 5.92 Å². The molecule has 6 heteroatoms. The Kier molecular flexibility index (Phi) is 8.46. The second kappa shape index (κ2) is 11.3. The lowest BCUT2D eigenvalue weighted by Gasteiger charge is -2.32. The number of hydrogen-bond donors (Lipinski definition) is 3. The van der Waals surface area contributed by atoms with E-state index in [-0.39, 0.29) is 24.2 Å². The van der Waals surface area contributed by atoms with Crippen molar-refractivity contribution in [2.45, 2.75) is 82.9 Å². The smallest absolute Gasteiger partial charge is 0.323 e. The molecule has 1 amide bonds. The lowest BCUT2D eigenvalue weighted by atomic mass is 9.83. The van der Waals surface area contributed by atoms with E-state index in [1.165, 1.54) is 25.3 Å². The zero-order valence-electron chi connectivity index (χ0n) is 17.8. The fraction of sp³-hybridized carbons (Fsp3) is 0.583. The second-order valence-corrected chi connectivity index (χ2v) is 8.58. The standard InChI is InChI=1S/C24H34N2O4/c1-17(19-14-11-18(12-15-19)13-16-22(27)26-29)25-23(20-7-3-2-4-8-20)24(28)30-21-9-5-6-10-21/h11-17,20-21,23,25,29H,2-10H2,1H3,(H,26,27)/t17?,23-/m0/s1. The predicted molar refractivity (Wildman–Crippen MR) is 116 cm³/mol. The van der Waals surface area contributed by atoms with Crippen LogP contribution in [-0.4, -0.2) is 29.2 Å². The summed E-state index contributed by atoms with van der Waals surface area (Å²) < 4.78 is 5.88. The van der Waals surface area contributed by atoms with Gasteiger partial charge in [-0.3, -0.25) is 20.1 Å². The van der Waals surface area contributed by atoms with Gasteiger partial charge in [-0.25, -0.2) is 5.48 Å². The number of carbonyl (C=O) groups excluding carboxylic acids is 2. The Labute approximate surface area is 179 Å². The van der Waals surface area contributed by atoms with Gasteiger partial charge in [-0.1, -0.05) is 43.5 Å². The third-order valence-electron chi connectivity index (χ3n) is 6.36. The van der Waals surface area contributed by atoms with E-state index in [1.807, 2.05) is 24.3 Å². The summed E-state index contributed by atoms with van der Waals surface area (Å²) in [6.07, 6.45) is 13.0. The number of hydrogen-bond acceptors (Lipinski definition) is 5. The number of benzene rings is 1. The second-order valence-electron chi connectivity index (χ2n) is 8.58. The summed E-state index contributed by atoms with van der Waals surface area (Å²) in [4.78, 5) is 24.2. The van der Waals surface area contributed by atoms with Crippen LogP contribution in [-0.2, 0) is 14.3 Å². The van der Waals surface area contributed by atoms with Gasteiger partial charge >= 0.3 is 5.97 Å². The van der Waals surface area contributed by atoms with Crippen LogP contribution >= 0.6 is 0 Å². The molecule has 3 rings (SSSR count). The minimum Gasteiger partial charge on any atom is -0.461 e. The fourth-order valence-electron chi connectivity index (χ4n) is 4.58. The molecule has 0 radical (unpaired) electrons. The van der Waals surface area contributed by atoms with Gasteiger partial charge in [0.2, 0.25) is 0 Å². The maximum Gasteiger partial charge on any atom is 0.323 e. The Morgan fingerprint density at radius 2 is 1.67 bits per heavy atom. The van der Waals surface area contributed by atoms with E-state index < -0.39 is 5.91 Å². The molecule has 6 nitrogen and oxygen atoms in total. The van der Waals surface area contributed by atoms with Crippen molar-refractivity contribution in [3.63, 3.8) is 0 Å². The molecule has 0 aromatic heterocycles. The highest BCUT2D eigenvalue weighted by molar-refractivity contribution is 5.90. The summed E-state index contributed by atoms with van der Waals surface area (Å²) in [7, 11) is 0. The van der Waals surface area contributed by atoms with E-state index in [0.29, 0.717) is 5.92 Å². The summed E-state index contributed by atoms with van der Waals surface area (Å²) in [5, 5.41) is 12.1. The third kappa shape index (κ3) is 6.41. The number of amides is 1. The molecule has 2 atom stereocenters. The number of nitrogens with one attached hydrogen (secondary N) is 2. The Balaban J connectivity index is 1.65. The molecule has 3 N–H and O–H groups in total. The maximum absolute atomic E-state index is 13.0. The Hall–Kier alpha value is -2.18. The molecule has 0 spiro atoms. The summed E-state index contributed by atoms with van der Waals surface area (Å²) in [5.74, 6) is -0.324. The van der Waals surface area contributed by atoms with Crippen LogP contribution in [0.15, 0.2) is 30.3 Å². The topological polar surface area (TPSA) is 87.7 Å². The molecular weight excluding hydrogens is 380 g/mol. The minimum absolute atomic E-state index is 0.00632. The van der Waals surface area contributed by atoms with Crippen LogP contribution in [0.5, 0.6) is 0 Å². The maximum atomic E-state index is 13.0. The molecule has 2 saturated carbocycles. The Morgan fingerprint density at radius 3 is 2.30 bits per heavy atom. The zero-order chi connectivity index (χ0) is 21.3. The molecule has 2 aliphatic carbocycles. The van der Waals surface area contributed by atoms with E-state index >= 15 is 0 Å². The molecule has 1 unspecified atom stereocenters. The van der Waals surface area contributed by atoms with E-state index in [4.69, 9.17) is 9.94 Å². The van der Waals surface area contributed by atoms with E-state index in [0.717, 1.165) is 49.7 Å². The molecule has 0 heterocycles.